The van der Waals surface area contributed by atoms with Gasteiger partial charge in [0.15, 0.2) is 9.84 Å². The Balaban J connectivity index is 2.74. The van der Waals surface area contributed by atoms with Gasteiger partial charge >= 0.3 is 0 Å². The number of nitrogens with two attached hydrogens (primary N) is 1. The number of nitrogen functional groups attached to an aromatic ring is 1. The van der Waals surface area contributed by atoms with Gasteiger partial charge in [-0.3, -0.25) is 0 Å². The highest BCUT2D eigenvalue weighted by molar-refractivity contribution is 7.90. The van der Waals surface area contributed by atoms with E-state index in [1.807, 2.05) is 0 Å². The van der Waals surface area contributed by atoms with E-state index in [9.17, 15) is 8.42 Å². The van der Waals surface area contributed by atoms with E-state index in [-0.39, 0.29) is 4.90 Å². The van der Waals surface area contributed by atoms with Crippen molar-refractivity contribution in [1.29, 1.82) is 0 Å². The van der Waals surface area contributed by atoms with Gasteiger partial charge in [-0.25, -0.2) is 13.4 Å². The summed E-state index contributed by atoms with van der Waals surface area (Å²) >= 11 is 0. The van der Waals surface area contributed by atoms with E-state index >= 15 is 0 Å². The van der Waals surface area contributed by atoms with Crippen LogP contribution in [0.3, 0.4) is 0 Å². The fourth-order valence-electron chi connectivity index (χ4n) is 1.66. The van der Waals surface area contributed by atoms with Crippen molar-refractivity contribution in [2.75, 3.05) is 12.0 Å². The highest BCUT2D eigenvalue weighted by atomic mass is 32.2. The molecule has 0 fully saturated rings. The first-order chi connectivity index (χ1) is 8.00. The zero-order chi connectivity index (χ0) is 12.5. The Morgan fingerprint density at radius 1 is 1.06 bits per heavy atom. The highest BCUT2D eigenvalue weighted by Gasteiger charge is 2.15. The molecule has 0 unspecified atom stereocenters. The second kappa shape index (κ2) is 4.18. The summed E-state index contributed by atoms with van der Waals surface area (Å²) < 4.78 is 23.4. The molecule has 2 aromatic rings. The standard InChI is InChI=1S/C12H12N2O2S/c1-17(15,16)11-7-3-2-5-9(11)10-6-4-8-14-12(10)13/h2-8H,1H3,(H2,13,14). The molecule has 0 amide bonds. The van der Waals surface area contributed by atoms with Crippen LogP contribution in [-0.2, 0) is 9.84 Å². The number of aromatic nitrogens is 1. The zero-order valence-corrected chi connectivity index (χ0v) is 10.1. The van der Waals surface area contributed by atoms with Gasteiger partial charge in [-0.15, -0.1) is 0 Å². The number of rotatable bonds is 2. The maximum absolute atomic E-state index is 11.7. The lowest BCUT2D eigenvalue weighted by Crippen LogP contribution is -2.01. The third-order valence-corrected chi connectivity index (χ3v) is 3.57. The van der Waals surface area contributed by atoms with Crippen LogP contribution in [0.4, 0.5) is 5.82 Å². The minimum absolute atomic E-state index is 0.264. The van der Waals surface area contributed by atoms with E-state index in [1.165, 1.54) is 6.26 Å². The van der Waals surface area contributed by atoms with Gasteiger partial charge in [0, 0.05) is 23.6 Å². The number of sulfone groups is 1. The molecule has 0 aliphatic heterocycles. The van der Waals surface area contributed by atoms with Crippen LogP contribution in [0.15, 0.2) is 47.5 Å². The molecular formula is C12H12N2O2S. The first-order valence-electron chi connectivity index (χ1n) is 5.00. The van der Waals surface area contributed by atoms with Gasteiger partial charge in [0.05, 0.1) is 4.90 Å². The van der Waals surface area contributed by atoms with Crippen molar-refractivity contribution in [2.24, 2.45) is 0 Å². The number of benzene rings is 1. The summed E-state index contributed by atoms with van der Waals surface area (Å²) in [5.74, 6) is 0.323. The van der Waals surface area contributed by atoms with E-state index in [0.717, 1.165) is 0 Å². The summed E-state index contributed by atoms with van der Waals surface area (Å²) in [6, 6.07) is 10.2. The van der Waals surface area contributed by atoms with Crippen molar-refractivity contribution in [2.45, 2.75) is 4.90 Å². The molecule has 0 saturated carbocycles. The minimum atomic E-state index is -3.28. The van der Waals surface area contributed by atoms with Gasteiger partial charge in [-0.2, -0.15) is 0 Å². The normalized spacial score (nSPS) is 11.4. The van der Waals surface area contributed by atoms with Crippen molar-refractivity contribution in [3.8, 4) is 11.1 Å². The Bertz CT molecular complexity index is 651. The SMILES string of the molecule is CS(=O)(=O)c1ccccc1-c1cccnc1N. The fraction of sp³-hybridized carbons (Fsp3) is 0.0833. The van der Waals surface area contributed by atoms with Crippen LogP contribution in [0, 0.1) is 0 Å². The van der Waals surface area contributed by atoms with Crippen molar-refractivity contribution >= 4 is 15.7 Å². The number of pyridine rings is 1. The lowest BCUT2D eigenvalue weighted by molar-refractivity contribution is 0.602. The summed E-state index contributed by atoms with van der Waals surface area (Å²) in [4.78, 5) is 4.23. The molecule has 0 spiro atoms. The Morgan fingerprint density at radius 3 is 2.35 bits per heavy atom. The number of nitrogens with zero attached hydrogens (tertiary/aromatic N) is 1. The average molecular weight is 248 g/mol. The summed E-state index contributed by atoms with van der Waals surface area (Å²) in [7, 11) is -3.28. The highest BCUT2D eigenvalue weighted by Crippen LogP contribution is 2.29. The van der Waals surface area contributed by atoms with E-state index < -0.39 is 9.84 Å². The van der Waals surface area contributed by atoms with Gasteiger partial charge in [0.2, 0.25) is 0 Å². The van der Waals surface area contributed by atoms with Crippen molar-refractivity contribution < 1.29 is 8.42 Å². The molecule has 2 rings (SSSR count). The first-order valence-corrected chi connectivity index (χ1v) is 6.89. The van der Waals surface area contributed by atoms with Gasteiger partial charge in [-0.1, -0.05) is 18.2 Å². The minimum Gasteiger partial charge on any atom is -0.383 e. The Hall–Kier alpha value is -1.88. The van der Waals surface area contributed by atoms with Gasteiger partial charge in [0.1, 0.15) is 5.82 Å². The van der Waals surface area contributed by atoms with Crippen LogP contribution in [0.2, 0.25) is 0 Å². The fourth-order valence-corrected chi connectivity index (χ4v) is 2.56. The molecule has 4 nitrogen and oxygen atoms in total. The molecule has 0 radical (unpaired) electrons. The smallest absolute Gasteiger partial charge is 0.176 e. The summed E-state index contributed by atoms with van der Waals surface area (Å²) in [6.07, 6.45) is 2.75. The van der Waals surface area contributed by atoms with Crippen LogP contribution in [0.5, 0.6) is 0 Å². The van der Waals surface area contributed by atoms with Gasteiger partial charge < -0.3 is 5.73 Å². The molecule has 0 aliphatic rings. The molecule has 1 aromatic carbocycles. The quantitative estimate of drug-likeness (QED) is 0.878. The molecule has 0 aliphatic carbocycles. The van der Waals surface area contributed by atoms with Crippen LogP contribution >= 0.6 is 0 Å². The maximum Gasteiger partial charge on any atom is 0.176 e. The largest absolute Gasteiger partial charge is 0.383 e. The molecular weight excluding hydrogens is 236 g/mol. The number of hydrogen-bond donors (Lipinski definition) is 1. The zero-order valence-electron chi connectivity index (χ0n) is 9.29. The van der Waals surface area contributed by atoms with Crippen LogP contribution in [0.1, 0.15) is 0 Å². The summed E-state index contributed by atoms with van der Waals surface area (Å²) in [5, 5.41) is 0. The third kappa shape index (κ3) is 2.29. The number of hydrogen-bond acceptors (Lipinski definition) is 4. The Labute approximate surface area is 100 Å². The van der Waals surface area contributed by atoms with E-state index in [1.54, 1.807) is 42.6 Å². The van der Waals surface area contributed by atoms with Crippen molar-refractivity contribution in [3.63, 3.8) is 0 Å². The predicted octanol–water partition coefficient (Wildman–Crippen LogP) is 1.73. The van der Waals surface area contributed by atoms with E-state index in [4.69, 9.17) is 5.73 Å². The van der Waals surface area contributed by atoms with Crippen LogP contribution in [-0.4, -0.2) is 19.7 Å². The van der Waals surface area contributed by atoms with E-state index in [2.05, 4.69) is 4.98 Å². The first kappa shape index (κ1) is 11.6. The second-order valence-corrected chi connectivity index (χ2v) is 5.69. The molecule has 17 heavy (non-hydrogen) atoms. The molecule has 88 valence electrons. The average Bonchev–Trinajstić information content (AvgIpc) is 2.28. The Kier molecular flexibility index (Phi) is 2.85. The monoisotopic (exact) mass is 248 g/mol. The Morgan fingerprint density at radius 2 is 1.71 bits per heavy atom. The molecule has 0 saturated heterocycles. The lowest BCUT2D eigenvalue weighted by atomic mass is 10.1. The molecule has 0 atom stereocenters. The number of anilines is 1. The van der Waals surface area contributed by atoms with Crippen molar-refractivity contribution in [1.82, 2.24) is 4.98 Å². The molecule has 1 aromatic heterocycles. The second-order valence-electron chi connectivity index (χ2n) is 3.70. The summed E-state index contributed by atoms with van der Waals surface area (Å²) in [5.41, 5.74) is 6.98. The van der Waals surface area contributed by atoms with Crippen LogP contribution in [0.25, 0.3) is 11.1 Å². The van der Waals surface area contributed by atoms with Gasteiger partial charge in [-0.05, 0) is 18.2 Å². The van der Waals surface area contributed by atoms with Crippen molar-refractivity contribution in [3.05, 3.63) is 42.6 Å². The lowest BCUT2D eigenvalue weighted by Gasteiger charge is -2.09. The topological polar surface area (TPSA) is 73.0 Å². The van der Waals surface area contributed by atoms with Gasteiger partial charge in [0.25, 0.3) is 0 Å². The predicted molar refractivity (Wildman–Crippen MR) is 67.2 cm³/mol. The maximum atomic E-state index is 11.7. The molecule has 1 heterocycles. The van der Waals surface area contributed by atoms with Crippen LogP contribution < -0.4 is 5.73 Å². The third-order valence-electron chi connectivity index (χ3n) is 2.42. The molecule has 5 heteroatoms. The summed E-state index contributed by atoms with van der Waals surface area (Å²) in [6.45, 7) is 0. The van der Waals surface area contributed by atoms with E-state index in [0.29, 0.717) is 16.9 Å². The molecule has 0 bridgehead atoms. The molecule has 2 N–H and O–H groups in total.